The Hall–Kier alpha value is -1.56. The summed E-state index contributed by atoms with van der Waals surface area (Å²) in [6.07, 6.45) is 0.123. The monoisotopic (exact) mass is 342 g/mol. The maximum Gasteiger partial charge on any atom is 0.416 e. The molecule has 0 N–H and O–H groups in total. The highest BCUT2D eigenvalue weighted by molar-refractivity contribution is 5.79. The van der Waals surface area contributed by atoms with Gasteiger partial charge in [-0.15, -0.1) is 0 Å². The molecule has 3 nitrogen and oxygen atoms in total. The lowest BCUT2D eigenvalue weighted by molar-refractivity contribution is -0.137. The lowest BCUT2D eigenvalue weighted by atomic mass is 10.1. The average Bonchev–Trinajstić information content (AvgIpc) is 3.01. The number of hydrogen-bond acceptors (Lipinski definition) is 2. The van der Waals surface area contributed by atoms with E-state index in [4.69, 9.17) is 0 Å². The molecule has 6 heteroatoms. The van der Waals surface area contributed by atoms with Crippen LogP contribution in [-0.2, 0) is 17.4 Å². The molecule has 1 fully saturated rings. The van der Waals surface area contributed by atoms with Crippen molar-refractivity contribution in [3.8, 4) is 0 Å². The minimum absolute atomic E-state index is 0.00325. The molecule has 1 amide bonds. The predicted molar refractivity (Wildman–Crippen MR) is 87.7 cm³/mol. The minimum atomic E-state index is -4.34. The molecule has 0 aliphatic heterocycles. The van der Waals surface area contributed by atoms with Gasteiger partial charge in [-0.1, -0.05) is 25.0 Å². The van der Waals surface area contributed by atoms with E-state index < -0.39 is 11.7 Å². The van der Waals surface area contributed by atoms with Gasteiger partial charge in [0, 0.05) is 19.1 Å². The molecule has 0 radical (unpaired) electrons. The van der Waals surface area contributed by atoms with Crippen LogP contribution in [0.5, 0.6) is 0 Å². The quantitative estimate of drug-likeness (QED) is 0.789. The Morgan fingerprint density at radius 2 is 1.67 bits per heavy atom. The van der Waals surface area contributed by atoms with Crippen molar-refractivity contribution in [3.05, 3.63) is 35.4 Å². The first kappa shape index (κ1) is 18.8. The summed E-state index contributed by atoms with van der Waals surface area (Å²) >= 11 is 0. The summed E-state index contributed by atoms with van der Waals surface area (Å²) in [4.78, 5) is 16.6. The minimum Gasteiger partial charge on any atom is -0.338 e. The lowest BCUT2D eigenvalue weighted by Gasteiger charge is -2.30. The fourth-order valence-electron chi connectivity index (χ4n) is 3.12. The van der Waals surface area contributed by atoms with Crippen LogP contribution in [0.1, 0.15) is 36.8 Å². The lowest BCUT2D eigenvalue weighted by Crippen LogP contribution is -2.43. The molecule has 0 heterocycles. The van der Waals surface area contributed by atoms with Crippen molar-refractivity contribution in [1.82, 2.24) is 9.80 Å². The normalized spacial score (nSPS) is 15.9. The number of rotatable bonds is 6. The van der Waals surface area contributed by atoms with Gasteiger partial charge >= 0.3 is 6.18 Å². The third kappa shape index (κ3) is 5.23. The Bertz CT molecular complexity index is 534. The molecule has 0 aromatic heterocycles. The fourth-order valence-corrected chi connectivity index (χ4v) is 3.12. The molecule has 0 atom stereocenters. The molecule has 1 aromatic rings. The predicted octanol–water partition coefficient (Wildman–Crippen LogP) is 3.58. The first-order chi connectivity index (χ1) is 11.3. The first-order valence-electron chi connectivity index (χ1n) is 8.37. The first-order valence-corrected chi connectivity index (χ1v) is 8.37. The second-order valence-corrected chi connectivity index (χ2v) is 6.70. The molecule has 1 aromatic carbocycles. The van der Waals surface area contributed by atoms with E-state index in [1.807, 2.05) is 23.9 Å². The van der Waals surface area contributed by atoms with Crippen molar-refractivity contribution in [2.75, 3.05) is 27.2 Å². The zero-order valence-corrected chi connectivity index (χ0v) is 14.3. The highest BCUT2D eigenvalue weighted by atomic mass is 19.4. The molecule has 0 unspecified atom stereocenters. The summed E-state index contributed by atoms with van der Waals surface area (Å²) in [5.74, 6) is 0.00325. The molecule has 2 rings (SSSR count). The van der Waals surface area contributed by atoms with Crippen LogP contribution in [0.2, 0.25) is 0 Å². The van der Waals surface area contributed by atoms with Gasteiger partial charge in [0.1, 0.15) is 0 Å². The standard InChI is InChI=1S/C18H25F3N2O/c1-22(2)11-12-23(16-5-3-4-6-16)17(24)13-14-7-9-15(10-8-14)18(19,20)21/h7-10,16H,3-6,11-13H2,1-2H3. The van der Waals surface area contributed by atoms with Gasteiger partial charge in [0.25, 0.3) is 0 Å². The van der Waals surface area contributed by atoms with Crippen LogP contribution < -0.4 is 0 Å². The number of benzene rings is 1. The molecule has 1 aliphatic carbocycles. The summed E-state index contributed by atoms with van der Waals surface area (Å²) < 4.78 is 37.8. The molecular formula is C18H25F3N2O. The van der Waals surface area contributed by atoms with Gasteiger partial charge < -0.3 is 9.80 Å². The smallest absolute Gasteiger partial charge is 0.338 e. The van der Waals surface area contributed by atoms with Gasteiger partial charge in [0.05, 0.1) is 12.0 Å². The van der Waals surface area contributed by atoms with Crippen LogP contribution >= 0.6 is 0 Å². The molecule has 24 heavy (non-hydrogen) atoms. The highest BCUT2D eigenvalue weighted by Crippen LogP contribution is 2.29. The summed E-state index contributed by atoms with van der Waals surface area (Å²) in [6, 6.07) is 5.16. The van der Waals surface area contributed by atoms with E-state index in [-0.39, 0.29) is 18.4 Å². The van der Waals surface area contributed by atoms with Gasteiger partial charge in [-0.2, -0.15) is 13.2 Å². The van der Waals surface area contributed by atoms with Crippen LogP contribution in [0, 0.1) is 0 Å². The van der Waals surface area contributed by atoms with Crippen molar-refractivity contribution >= 4 is 5.91 Å². The molecule has 0 spiro atoms. The van der Waals surface area contributed by atoms with Crippen LogP contribution in [-0.4, -0.2) is 48.9 Å². The third-order valence-electron chi connectivity index (χ3n) is 4.51. The van der Waals surface area contributed by atoms with Crippen molar-refractivity contribution in [3.63, 3.8) is 0 Å². The van der Waals surface area contributed by atoms with E-state index in [0.717, 1.165) is 44.4 Å². The van der Waals surface area contributed by atoms with Crippen molar-refractivity contribution in [1.29, 1.82) is 0 Å². The molecule has 1 aliphatic rings. The third-order valence-corrected chi connectivity index (χ3v) is 4.51. The summed E-state index contributed by atoms with van der Waals surface area (Å²) in [5, 5.41) is 0. The molecular weight excluding hydrogens is 317 g/mol. The average molecular weight is 342 g/mol. The Kier molecular flexibility index (Phi) is 6.27. The molecule has 1 saturated carbocycles. The highest BCUT2D eigenvalue weighted by Gasteiger charge is 2.30. The van der Waals surface area contributed by atoms with Crippen LogP contribution in [0.3, 0.4) is 0 Å². The Balaban J connectivity index is 2.03. The van der Waals surface area contributed by atoms with Crippen LogP contribution in [0.25, 0.3) is 0 Å². The van der Waals surface area contributed by atoms with Crippen LogP contribution in [0.4, 0.5) is 13.2 Å². The van der Waals surface area contributed by atoms with Crippen molar-refractivity contribution < 1.29 is 18.0 Å². The number of nitrogens with zero attached hydrogens (tertiary/aromatic N) is 2. The van der Waals surface area contributed by atoms with Crippen LogP contribution in [0.15, 0.2) is 24.3 Å². The SMILES string of the molecule is CN(C)CCN(C(=O)Cc1ccc(C(F)(F)F)cc1)C1CCCC1. The van der Waals surface area contributed by atoms with Gasteiger partial charge in [-0.3, -0.25) is 4.79 Å². The summed E-state index contributed by atoms with van der Waals surface area (Å²) in [5.41, 5.74) is -0.0557. The zero-order chi connectivity index (χ0) is 17.7. The number of halogens is 3. The number of carbonyl (C=O) groups is 1. The second kappa shape index (κ2) is 8.01. The van der Waals surface area contributed by atoms with Gasteiger partial charge in [-0.05, 0) is 44.6 Å². The number of amides is 1. The zero-order valence-electron chi connectivity index (χ0n) is 14.3. The van der Waals surface area contributed by atoms with E-state index in [0.29, 0.717) is 12.1 Å². The van der Waals surface area contributed by atoms with E-state index >= 15 is 0 Å². The Labute approximate surface area is 141 Å². The number of likely N-dealkylation sites (N-methyl/N-ethyl adjacent to an activating group) is 1. The van der Waals surface area contributed by atoms with Gasteiger partial charge in [0.15, 0.2) is 0 Å². The Morgan fingerprint density at radius 1 is 1.08 bits per heavy atom. The van der Waals surface area contributed by atoms with E-state index in [1.54, 1.807) is 0 Å². The van der Waals surface area contributed by atoms with E-state index in [2.05, 4.69) is 0 Å². The maximum absolute atomic E-state index is 12.7. The molecule has 0 bridgehead atoms. The Morgan fingerprint density at radius 3 is 2.17 bits per heavy atom. The van der Waals surface area contributed by atoms with Gasteiger partial charge in [0.2, 0.25) is 5.91 Å². The van der Waals surface area contributed by atoms with Crippen molar-refractivity contribution in [2.45, 2.75) is 44.3 Å². The van der Waals surface area contributed by atoms with E-state index in [1.165, 1.54) is 12.1 Å². The second-order valence-electron chi connectivity index (χ2n) is 6.70. The number of carbonyl (C=O) groups excluding carboxylic acids is 1. The molecule has 134 valence electrons. The largest absolute Gasteiger partial charge is 0.416 e. The van der Waals surface area contributed by atoms with Gasteiger partial charge in [-0.25, -0.2) is 0 Å². The number of alkyl halides is 3. The summed E-state index contributed by atoms with van der Waals surface area (Å²) in [7, 11) is 3.93. The molecule has 0 saturated heterocycles. The number of hydrogen-bond donors (Lipinski definition) is 0. The van der Waals surface area contributed by atoms with E-state index in [9.17, 15) is 18.0 Å². The van der Waals surface area contributed by atoms with Crippen molar-refractivity contribution in [2.24, 2.45) is 0 Å². The summed E-state index contributed by atoms with van der Waals surface area (Å²) in [6.45, 7) is 1.45. The fraction of sp³-hybridized carbons (Fsp3) is 0.611. The topological polar surface area (TPSA) is 23.6 Å². The maximum atomic E-state index is 12.7.